The van der Waals surface area contributed by atoms with E-state index in [0.717, 1.165) is 4.47 Å². The molecule has 2 rings (SSSR count). The largest absolute Gasteiger partial charge is 0.322 e. The van der Waals surface area contributed by atoms with Crippen molar-refractivity contribution < 1.29 is 9.72 Å². The summed E-state index contributed by atoms with van der Waals surface area (Å²) in [6, 6.07) is 10.8. The summed E-state index contributed by atoms with van der Waals surface area (Å²) in [5.74, 6) is -0.317. The zero-order valence-corrected chi connectivity index (χ0v) is 12.3. The van der Waals surface area contributed by atoms with E-state index in [1.54, 1.807) is 24.3 Å². The first kappa shape index (κ1) is 14.5. The van der Waals surface area contributed by atoms with Gasteiger partial charge in [0.15, 0.2) is 0 Å². The number of nitrogens with one attached hydrogen (secondary N) is 1. The van der Waals surface area contributed by atoms with Crippen LogP contribution in [0, 0.1) is 10.1 Å². The molecule has 0 saturated carbocycles. The standard InChI is InChI=1S/C13H8BrClN2O3/c14-9-3-1-8(2-4-9)13(18)16-10-5-6-12(17(19)20)11(15)7-10/h1-7H,(H,16,18). The molecule has 20 heavy (non-hydrogen) atoms. The lowest BCUT2D eigenvalue weighted by Crippen LogP contribution is -2.11. The number of carbonyl (C=O) groups excluding carboxylic acids is 1. The third kappa shape index (κ3) is 3.34. The molecule has 0 saturated heterocycles. The van der Waals surface area contributed by atoms with Gasteiger partial charge in [-0.2, -0.15) is 0 Å². The van der Waals surface area contributed by atoms with Crippen molar-refractivity contribution in [2.24, 2.45) is 0 Å². The SMILES string of the molecule is O=C(Nc1ccc([N+](=O)[O-])c(Cl)c1)c1ccc(Br)cc1. The summed E-state index contributed by atoms with van der Waals surface area (Å²) in [5, 5.41) is 13.2. The molecule has 0 bridgehead atoms. The number of carbonyl (C=O) groups is 1. The highest BCUT2D eigenvalue weighted by molar-refractivity contribution is 9.10. The summed E-state index contributed by atoms with van der Waals surface area (Å²) >= 11 is 9.05. The number of halogens is 2. The number of hydrogen-bond donors (Lipinski definition) is 1. The van der Waals surface area contributed by atoms with E-state index in [0.29, 0.717) is 11.3 Å². The van der Waals surface area contributed by atoms with E-state index in [-0.39, 0.29) is 16.6 Å². The van der Waals surface area contributed by atoms with Gasteiger partial charge in [0, 0.05) is 21.8 Å². The van der Waals surface area contributed by atoms with Gasteiger partial charge in [-0.15, -0.1) is 0 Å². The van der Waals surface area contributed by atoms with Crippen molar-refractivity contribution in [3.05, 3.63) is 67.6 Å². The van der Waals surface area contributed by atoms with Gasteiger partial charge in [0.05, 0.1) is 4.92 Å². The lowest BCUT2D eigenvalue weighted by molar-refractivity contribution is -0.384. The van der Waals surface area contributed by atoms with Gasteiger partial charge < -0.3 is 5.32 Å². The van der Waals surface area contributed by atoms with Gasteiger partial charge in [-0.05, 0) is 36.4 Å². The zero-order chi connectivity index (χ0) is 14.7. The second-order valence-electron chi connectivity index (χ2n) is 3.88. The third-order valence-electron chi connectivity index (χ3n) is 2.51. The topological polar surface area (TPSA) is 72.2 Å². The minimum absolute atomic E-state index is 0.0244. The number of nitro benzene ring substituents is 1. The van der Waals surface area contributed by atoms with Gasteiger partial charge >= 0.3 is 0 Å². The fourth-order valence-corrected chi connectivity index (χ4v) is 2.05. The molecule has 1 N–H and O–H groups in total. The molecule has 0 unspecified atom stereocenters. The summed E-state index contributed by atoms with van der Waals surface area (Å²) in [5.41, 5.74) is 0.671. The van der Waals surface area contributed by atoms with E-state index < -0.39 is 4.92 Å². The molecular weight excluding hydrogens is 348 g/mol. The smallest absolute Gasteiger partial charge is 0.288 e. The maximum atomic E-state index is 12.0. The summed E-state index contributed by atoms with van der Waals surface area (Å²) < 4.78 is 0.868. The second-order valence-corrected chi connectivity index (χ2v) is 5.21. The molecule has 0 aliphatic rings. The number of rotatable bonds is 3. The Hall–Kier alpha value is -1.92. The van der Waals surface area contributed by atoms with Gasteiger partial charge in [-0.1, -0.05) is 27.5 Å². The van der Waals surface area contributed by atoms with Crippen LogP contribution in [0.25, 0.3) is 0 Å². The van der Waals surface area contributed by atoms with Crippen molar-refractivity contribution in [2.45, 2.75) is 0 Å². The highest BCUT2D eigenvalue weighted by atomic mass is 79.9. The van der Waals surface area contributed by atoms with E-state index in [4.69, 9.17) is 11.6 Å². The van der Waals surface area contributed by atoms with Crippen molar-refractivity contribution in [1.82, 2.24) is 0 Å². The minimum Gasteiger partial charge on any atom is -0.322 e. The van der Waals surface area contributed by atoms with E-state index >= 15 is 0 Å². The average molecular weight is 356 g/mol. The van der Waals surface area contributed by atoms with E-state index in [9.17, 15) is 14.9 Å². The van der Waals surface area contributed by atoms with Crippen molar-refractivity contribution in [3.63, 3.8) is 0 Å². The van der Waals surface area contributed by atoms with Crippen LogP contribution in [0.3, 0.4) is 0 Å². The molecule has 7 heteroatoms. The number of nitrogens with zero attached hydrogens (tertiary/aromatic N) is 1. The Morgan fingerprint density at radius 1 is 1.20 bits per heavy atom. The fourth-order valence-electron chi connectivity index (χ4n) is 1.54. The maximum Gasteiger partial charge on any atom is 0.288 e. The molecule has 0 aliphatic carbocycles. The molecule has 1 amide bonds. The van der Waals surface area contributed by atoms with Gasteiger partial charge in [0.25, 0.3) is 11.6 Å². The van der Waals surface area contributed by atoms with Gasteiger partial charge in [-0.3, -0.25) is 14.9 Å². The highest BCUT2D eigenvalue weighted by Crippen LogP contribution is 2.27. The molecule has 0 atom stereocenters. The van der Waals surface area contributed by atoms with Crippen molar-refractivity contribution in [2.75, 3.05) is 5.32 Å². The predicted molar refractivity (Wildman–Crippen MR) is 80.2 cm³/mol. The molecule has 5 nitrogen and oxygen atoms in total. The number of amides is 1. The van der Waals surface area contributed by atoms with Crippen molar-refractivity contribution >= 4 is 44.8 Å². The number of anilines is 1. The summed E-state index contributed by atoms with van der Waals surface area (Å²) in [6.45, 7) is 0. The van der Waals surface area contributed by atoms with E-state index in [1.165, 1.54) is 18.2 Å². The van der Waals surface area contributed by atoms with Crippen molar-refractivity contribution in [1.29, 1.82) is 0 Å². The molecule has 102 valence electrons. The Morgan fingerprint density at radius 3 is 2.40 bits per heavy atom. The van der Waals surface area contributed by atoms with Crippen LogP contribution >= 0.6 is 27.5 Å². The monoisotopic (exact) mass is 354 g/mol. The maximum absolute atomic E-state index is 12.0. The zero-order valence-electron chi connectivity index (χ0n) is 9.97. The first-order valence-corrected chi connectivity index (χ1v) is 6.65. The molecule has 0 fully saturated rings. The Labute approximate surface area is 127 Å². The van der Waals surface area contributed by atoms with Gasteiger partial charge in [0.1, 0.15) is 5.02 Å². The van der Waals surface area contributed by atoms with E-state index in [2.05, 4.69) is 21.2 Å². The summed E-state index contributed by atoms with van der Waals surface area (Å²) in [7, 11) is 0. The van der Waals surface area contributed by atoms with Crippen LogP contribution in [0.15, 0.2) is 46.9 Å². The highest BCUT2D eigenvalue weighted by Gasteiger charge is 2.13. The lowest BCUT2D eigenvalue weighted by atomic mass is 10.2. The number of hydrogen-bond acceptors (Lipinski definition) is 3. The molecule has 2 aromatic rings. The third-order valence-corrected chi connectivity index (χ3v) is 3.34. The van der Waals surface area contributed by atoms with Crippen LogP contribution in [-0.2, 0) is 0 Å². The Morgan fingerprint density at radius 2 is 1.85 bits per heavy atom. The van der Waals surface area contributed by atoms with Crippen LogP contribution in [-0.4, -0.2) is 10.8 Å². The van der Waals surface area contributed by atoms with Crippen LogP contribution < -0.4 is 5.32 Å². The van der Waals surface area contributed by atoms with Gasteiger partial charge in [-0.25, -0.2) is 0 Å². The van der Waals surface area contributed by atoms with Gasteiger partial charge in [0.2, 0.25) is 0 Å². The minimum atomic E-state index is -0.581. The lowest BCUT2D eigenvalue weighted by Gasteiger charge is -2.06. The molecular formula is C13H8BrClN2O3. The van der Waals surface area contributed by atoms with Crippen molar-refractivity contribution in [3.8, 4) is 0 Å². The van der Waals surface area contributed by atoms with Crippen LogP contribution in [0.1, 0.15) is 10.4 Å². The molecule has 0 aliphatic heterocycles. The fraction of sp³-hybridized carbons (Fsp3) is 0. The summed E-state index contributed by atoms with van der Waals surface area (Å²) in [6.07, 6.45) is 0. The first-order chi connectivity index (χ1) is 9.47. The number of nitro groups is 1. The molecule has 0 radical (unpaired) electrons. The normalized spacial score (nSPS) is 10.1. The molecule has 2 aromatic carbocycles. The predicted octanol–water partition coefficient (Wildman–Crippen LogP) is 4.26. The average Bonchev–Trinajstić information content (AvgIpc) is 2.39. The molecule has 0 aromatic heterocycles. The Bertz CT molecular complexity index is 674. The Balaban J connectivity index is 2.18. The van der Waals surface area contributed by atoms with E-state index in [1.807, 2.05) is 0 Å². The molecule has 0 heterocycles. The Kier molecular flexibility index (Phi) is 4.36. The van der Waals surface area contributed by atoms with Crippen LogP contribution in [0.4, 0.5) is 11.4 Å². The van der Waals surface area contributed by atoms with Crippen LogP contribution in [0.5, 0.6) is 0 Å². The van der Waals surface area contributed by atoms with Crippen LogP contribution in [0.2, 0.25) is 5.02 Å². The summed E-state index contributed by atoms with van der Waals surface area (Å²) in [4.78, 5) is 22.0. The second kappa shape index (κ2) is 6.02. The number of benzene rings is 2. The quantitative estimate of drug-likeness (QED) is 0.660. The first-order valence-electron chi connectivity index (χ1n) is 5.48. The molecule has 0 spiro atoms.